The number of benzene rings is 2. The van der Waals surface area contributed by atoms with Gasteiger partial charge in [0.15, 0.2) is 12.4 Å². The SMILES string of the molecule is CCCCNC(=O)COc1cccc(-c2nc(Nc3cn[nH]c3)c3c(OCC(F)F)c(C)ccc3n2)c1. The van der Waals surface area contributed by atoms with Gasteiger partial charge in [0.25, 0.3) is 12.3 Å². The minimum Gasteiger partial charge on any atom is -0.487 e. The summed E-state index contributed by atoms with van der Waals surface area (Å²) in [7, 11) is 0. The van der Waals surface area contributed by atoms with Crippen molar-refractivity contribution >= 4 is 28.3 Å². The van der Waals surface area contributed by atoms with Gasteiger partial charge in [0.05, 0.1) is 22.8 Å². The van der Waals surface area contributed by atoms with E-state index in [1.165, 1.54) is 0 Å². The number of carbonyl (C=O) groups excluding carboxylic acids is 1. The van der Waals surface area contributed by atoms with Crippen LogP contribution < -0.4 is 20.1 Å². The van der Waals surface area contributed by atoms with Crippen LogP contribution in [0.4, 0.5) is 20.3 Å². The summed E-state index contributed by atoms with van der Waals surface area (Å²) < 4.78 is 37.0. The molecular formula is C26H28F2N6O3. The molecule has 0 bridgehead atoms. The molecule has 0 atom stereocenters. The van der Waals surface area contributed by atoms with Crippen molar-refractivity contribution in [2.24, 2.45) is 0 Å². The summed E-state index contributed by atoms with van der Waals surface area (Å²) in [5, 5.41) is 13.1. The number of nitrogens with zero attached hydrogens (tertiary/aromatic N) is 3. The fraction of sp³-hybridized carbons (Fsp3) is 0.308. The molecule has 37 heavy (non-hydrogen) atoms. The standard InChI is InChI=1S/C26H28F2N6O3/c1-3-4-10-29-22(35)15-36-19-7-5-6-17(11-19)25-33-20-9-8-16(2)24(37-14-21(27)28)23(20)26(34-25)32-18-12-30-31-13-18/h5-9,11-13,21H,3-4,10,14-15H2,1-2H3,(H,29,35)(H,30,31)(H,32,33,34). The largest absolute Gasteiger partial charge is 0.487 e. The van der Waals surface area contributed by atoms with E-state index in [1.54, 1.807) is 49.6 Å². The quantitative estimate of drug-likeness (QED) is 0.230. The number of aryl methyl sites for hydroxylation is 1. The summed E-state index contributed by atoms with van der Waals surface area (Å²) in [6.07, 6.45) is 2.49. The number of aromatic amines is 1. The molecule has 9 nitrogen and oxygen atoms in total. The molecule has 0 radical (unpaired) electrons. The first kappa shape index (κ1) is 25.8. The predicted molar refractivity (Wildman–Crippen MR) is 136 cm³/mol. The second-order valence-electron chi connectivity index (χ2n) is 8.34. The summed E-state index contributed by atoms with van der Waals surface area (Å²) in [4.78, 5) is 21.4. The number of fused-ring (bicyclic) bond motifs is 1. The minimum atomic E-state index is -2.63. The van der Waals surface area contributed by atoms with Crippen molar-refractivity contribution in [1.82, 2.24) is 25.5 Å². The van der Waals surface area contributed by atoms with Crippen LogP contribution in [0.1, 0.15) is 25.3 Å². The van der Waals surface area contributed by atoms with Gasteiger partial charge in [0.1, 0.15) is 23.9 Å². The second-order valence-corrected chi connectivity index (χ2v) is 8.34. The molecule has 0 spiro atoms. The van der Waals surface area contributed by atoms with Gasteiger partial charge in [-0.1, -0.05) is 31.5 Å². The molecule has 0 saturated carbocycles. The smallest absolute Gasteiger partial charge is 0.272 e. The summed E-state index contributed by atoms with van der Waals surface area (Å²) in [5.74, 6) is 1.32. The third-order valence-corrected chi connectivity index (χ3v) is 5.44. The molecule has 3 N–H and O–H groups in total. The first-order chi connectivity index (χ1) is 17.9. The van der Waals surface area contributed by atoms with Crippen molar-refractivity contribution in [2.75, 3.05) is 25.1 Å². The zero-order chi connectivity index (χ0) is 26.2. The molecule has 2 aromatic heterocycles. The van der Waals surface area contributed by atoms with E-state index < -0.39 is 13.0 Å². The Balaban J connectivity index is 1.68. The zero-order valence-electron chi connectivity index (χ0n) is 20.6. The number of rotatable bonds is 12. The van der Waals surface area contributed by atoms with Crippen LogP contribution in [0, 0.1) is 6.92 Å². The third-order valence-electron chi connectivity index (χ3n) is 5.44. The fourth-order valence-corrected chi connectivity index (χ4v) is 3.64. The number of amides is 1. The van der Waals surface area contributed by atoms with Crippen LogP contribution in [0.25, 0.3) is 22.3 Å². The molecule has 2 aromatic carbocycles. The number of alkyl halides is 2. The molecular weight excluding hydrogens is 482 g/mol. The van der Waals surface area contributed by atoms with Gasteiger partial charge >= 0.3 is 0 Å². The number of carbonyl (C=O) groups is 1. The molecule has 0 saturated heterocycles. The van der Waals surface area contributed by atoms with E-state index in [0.717, 1.165) is 12.8 Å². The van der Waals surface area contributed by atoms with Crippen LogP contribution in [0.15, 0.2) is 48.8 Å². The number of hydrogen-bond donors (Lipinski definition) is 3. The van der Waals surface area contributed by atoms with Gasteiger partial charge in [-0.2, -0.15) is 5.10 Å². The fourth-order valence-electron chi connectivity index (χ4n) is 3.64. The number of nitrogens with one attached hydrogen (secondary N) is 3. The van der Waals surface area contributed by atoms with Crippen LogP contribution in [-0.4, -0.2) is 52.3 Å². The lowest BCUT2D eigenvalue weighted by Crippen LogP contribution is -2.29. The van der Waals surface area contributed by atoms with Gasteiger partial charge in [0, 0.05) is 18.3 Å². The molecule has 4 aromatic rings. The highest BCUT2D eigenvalue weighted by Crippen LogP contribution is 2.36. The predicted octanol–water partition coefficient (Wildman–Crippen LogP) is 5.01. The van der Waals surface area contributed by atoms with E-state index in [0.29, 0.717) is 51.7 Å². The molecule has 0 aliphatic carbocycles. The second kappa shape index (κ2) is 12.1. The maximum atomic E-state index is 13.0. The monoisotopic (exact) mass is 510 g/mol. The summed E-state index contributed by atoms with van der Waals surface area (Å²) >= 11 is 0. The molecule has 1 amide bonds. The van der Waals surface area contributed by atoms with Gasteiger partial charge in [-0.15, -0.1) is 0 Å². The van der Waals surface area contributed by atoms with Crippen LogP contribution >= 0.6 is 0 Å². The lowest BCUT2D eigenvalue weighted by Gasteiger charge is -2.16. The average Bonchev–Trinajstić information content (AvgIpc) is 3.40. The van der Waals surface area contributed by atoms with Gasteiger partial charge in [-0.25, -0.2) is 18.7 Å². The highest BCUT2D eigenvalue weighted by molar-refractivity contribution is 5.98. The Hall–Kier alpha value is -4.28. The molecule has 0 aliphatic rings. The average molecular weight is 511 g/mol. The number of aromatic nitrogens is 4. The van der Waals surface area contributed by atoms with Gasteiger partial charge in [-0.3, -0.25) is 9.89 Å². The zero-order valence-corrected chi connectivity index (χ0v) is 20.6. The van der Waals surface area contributed by atoms with Crippen LogP contribution in [0.2, 0.25) is 0 Å². The normalized spacial score (nSPS) is 11.1. The number of anilines is 2. The third kappa shape index (κ3) is 6.69. The molecule has 0 fully saturated rings. The Labute approximate surface area is 212 Å². The lowest BCUT2D eigenvalue weighted by atomic mass is 10.1. The molecule has 2 heterocycles. The summed E-state index contributed by atoms with van der Waals surface area (Å²) in [6.45, 7) is 3.58. The molecule has 194 valence electrons. The van der Waals surface area contributed by atoms with Crippen molar-refractivity contribution in [1.29, 1.82) is 0 Å². The van der Waals surface area contributed by atoms with Gasteiger partial charge in [-0.05, 0) is 37.1 Å². The lowest BCUT2D eigenvalue weighted by molar-refractivity contribution is -0.123. The Morgan fingerprint density at radius 3 is 2.78 bits per heavy atom. The molecule has 0 unspecified atom stereocenters. The van der Waals surface area contributed by atoms with Crippen molar-refractivity contribution in [3.8, 4) is 22.9 Å². The highest BCUT2D eigenvalue weighted by Gasteiger charge is 2.18. The Morgan fingerprint density at radius 1 is 1.16 bits per heavy atom. The Morgan fingerprint density at radius 2 is 2.03 bits per heavy atom. The van der Waals surface area contributed by atoms with Gasteiger partial charge in [0.2, 0.25) is 0 Å². The van der Waals surface area contributed by atoms with E-state index in [1.807, 2.05) is 6.07 Å². The number of H-pyrrole nitrogens is 1. The molecule has 4 rings (SSSR count). The summed E-state index contributed by atoms with van der Waals surface area (Å²) in [6, 6.07) is 10.6. The Kier molecular flexibility index (Phi) is 8.44. The van der Waals surface area contributed by atoms with E-state index in [4.69, 9.17) is 14.5 Å². The number of ether oxygens (including phenoxy) is 2. The van der Waals surface area contributed by atoms with E-state index in [-0.39, 0.29) is 18.3 Å². The highest BCUT2D eigenvalue weighted by atomic mass is 19.3. The number of halogens is 2. The van der Waals surface area contributed by atoms with Crippen molar-refractivity contribution < 1.29 is 23.0 Å². The van der Waals surface area contributed by atoms with Crippen molar-refractivity contribution in [3.05, 3.63) is 54.4 Å². The first-order valence-electron chi connectivity index (χ1n) is 11.9. The number of unbranched alkanes of at least 4 members (excludes halogenated alkanes) is 1. The summed E-state index contributed by atoms with van der Waals surface area (Å²) in [5.41, 5.74) is 2.45. The minimum absolute atomic E-state index is 0.108. The van der Waals surface area contributed by atoms with Crippen LogP contribution in [-0.2, 0) is 4.79 Å². The van der Waals surface area contributed by atoms with Gasteiger partial charge < -0.3 is 20.1 Å². The topological polar surface area (TPSA) is 114 Å². The molecule has 0 aliphatic heterocycles. The van der Waals surface area contributed by atoms with E-state index >= 15 is 0 Å². The van der Waals surface area contributed by atoms with Crippen LogP contribution in [0.5, 0.6) is 11.5 Å². The van der Waals surface area contributed by atoms with Crippen molar-refractivity contribution in [3.63, 3.8) is 0 Å². The van der Waals surface area contributed by atoms with E-state index in [2.05, 4.69) is 32.7 Å². The van der Waals surface area contributed by atoms with E-state index in [9.17, 15) is 13.6 Å². The number of hydrogen-bond acceptors (Lipinski definition) is 7. The maximum absolute atomic E-state index is 13.0. The maximum Gasteiger partial charge on any atom is 0.272 e. The van der Waals surface area contributed by atoms with Crippen LogP contribution in [0.3, 0.4) is 0 Å². The first-order valence-corrected chi connectivity index (χ1v) is 11.9. The molecule has 11 heteroatoms. The Bertz CT molecular complexity index is 1350. The van der Waals surface area contributed by atoms with Crippen molar-refractivity contribution in [2.45, 2.75) is 33.1 Å².